The lowest BCUT2D eigenvalue weighted by molar-refractivity contribution is -0.274. The number of nitrogens with one attached hydrogen (secondary N) is 1. The number of halogens is 3. The van der Waals surface area contributed by atoms with Gasteiger partial charge in [0.25, 0.3) is 0 Å². The SMILES string of the molecule is CC(C)NC(C)(C(N)=O)c1ccc(OC(F)(F)F)cc1. The van der Waals surface area contributed by atoms with E-state index in [1.807, 2.05) is 13.8 Å². The number of amides is 1. The number of hydrogen-bond acceptors (Lipinski definition) is 3. The predicted octanol–water partition coefficient (Wildman–Crippen LogP) is 2.28. The van der Waals surface area contributed by atoms with Crippen LogP contribution in [-0.2, 0) is 10.3 Å². The summed E-state index contributed by atoms with van der Waals surface area (Å²) in [5.41, 5.74) is 4.68. The van der Waals surface area contributed by atoms with E-state index in [9.17, 15) is 18.0 Å². The van der Waals surface area contributed by atoms with Crippen molar-refractivity contribution in [3.63, 3.8) is 0 Å². The highest BCUT2D eigenvalue weighted by molar-refractivity contribution is 5.85. The van der Waals surface area contributed by atoms with Gasteiger partial charge < -0.3 is 10.5 Å². The molecule has 0 heterocycles. The van der Waals surface area contributed by atoms with E-state index < -0.39 is 17.8 Å². The average molecular weight is 290 g/mol. The molecule has 0 fully saturated rings. The summed E-state index contributed by atoms with van der Waals surface area (Å²) < 4.78 is 40.0. The zero-order valence-electron chi connectivity index (χ0n) is 11.4. The first-order chi connectivity index (χ1) is 9.04. The number of ether oxygens (including phenoxy) is 1. The molecule has 112 valence electrons. The van der Waals surface area contributed by atoms with Crippen LogP contribution in [0.15, 0.2) is 24.3 Å². The van der Waals surface area contributed by atoms with Gasteiger partial charge in [-0.25, -0.2) is 0 Å². The molecule has 1 unspecified atom stereocenters. The van der Waals surface area contributed by atoms with Crippen molar-refractivity contribution < 1.29 is 22.7 Å². The zero-order chi connectivity index (χ0) is 15.6. The van der Waals surface area contributed by atoms with Crippen LogP contribution >= 0.6 is 0 Å². The fourth-order valence-electron chi connectivity index (χ4n) is 1.86. The largest absolute Gasteiger partial charge is 0.573 e. The number of primary amides is 1. The summed E-state index contributed by atoms with van der Waals surface area (Å²) in [5.74, 6) is -0.965. The van der Waals surface area contributed by atoms with Gasteiger partial charge in [0.1, 0.15) is 11.3 Å². The van der Waals surface area contributed by atoms with Crippen LogP contribution in [0.5, 0.6) is 5.75 Å². The van der Waals surface area contributed by atoms with Gasteiger partial charge in [-0.1, -0.05) is 12.1 Å². The number of rotatable bonds is 5. The van der Waals surface area contributed by atoms with Gasteiger partial charge in [0.05, 0.1) is 0 Å². The van der Waals surface area contributed by atoms with Crippen molar-refractivity contribution in [2.45, 2.75) is 38.7 Å². The third-order valence-corrected chi connectivity index (χ3v) is 2.74. The number of nitrogens with two attached hydrogens (primary N) is 1. The fourth-order valence-corrected chi connectivity index (χ4v) is 1.86. The Balaban J connectivity index is 3.03. The molecule has 1 aromatic carbocycles. The number of carbonyl (C=O) groups excluding carboxylic acids is 1. The molecule has 0 saturated heterocycles. The zero-order valence-corrected chi connectivity index (χ0v) is 11.4. The Labute approximate surface area is 115 Å². The molecule has 0 aliphatic rings. The summed E-state index contributed by atoms with van der Waals surface area (Å²) in [4.78, 5) is 11.6. The number of hydrogen-bond donors (Lipinski definition) is 2. The van der Waals surface area contributed by atoms with Crippen LogP contribution in [0.2, 0.25) is 0 Å². The van der Waals surface area contributed by atoms with Crippen molar-refractivity contribution in [2.75, 3.05) is 0 Å². The summed E-state index contributed by atoms with van der Waals surface area (Å²) in [5, 5.41) is 3.00. The first kappa shape index (κ1) is 16.3. The fraction of sp³-hybridized carbons (Fsp3) is 0.462. The summed E-state index contributed by atoms with van der Waals surface area (Å²) in [6, 6.07) is 5.01. The minimum atomic E-state index is -4.75. The molecule has 0 radical (unpaired) electrons. The Kier molecular flexibility index (Phi) is 4.65. The molecule has 0 aromatic heterocycles. The quantitative estimate of drug-likeness (QED) is 0.874. The Morgan fingerprint density at radius 1 is 1.25 bits per heavy atom. The van der Waals surface area contributed by atoms with E-state index in [-0.39, 0.29) is 11.8 Å². The van der Waals surface area contributed by atoms with Crippen LogP contribution in [0.25, 0.3) is 0 Å². The molecule has 0 bridgehead atoms. The van der Waals surface area contributed by atoms with Crippen molar-refractivity contribution in [2.24, 2.45) is 5.73 Å². The maximum Gasteiger partial charge on any atom is 0.573 e. The van der Waals surface area contributed by atoms with E-state index in [4.69, 9.17) is 5.73 Å². The van der Waals surface area contributed by atoms with Crippen LogP contribution < -0.4 is 15.8 Å². The van der Waals surface area contributed by atoms with Crippen molar-refractivity contribution in [3.05, 3.63) is 29.8 Å². The van der Waals surface area contributed by atoms with Crippen LogP contribution in [0.3, 0.4) is 0 Å². The molecule has 0 spiro atoms. The van der Waals surface area contributed by atoms with Crippen LogP contribution in [0, 0.1) is 0 Å². The van der Waals surface area contributed by atoms with E-state index >= 15 is 0 Å². The van der Waals surface area contributed by atoms with Crippen molar-refractivity contribution in [1.82, 2.24) is 5.32 Å². The summed E-state index contributed by atoms with van der Waals surface area (Å²) >= 11 is 0. The van der Waals surface area contributed by atoms with Gasteiger partial charge in [0.2, 0.25) is 5.91 Å². The van der Waals surface area contributed by atoms with Gasteiger partial charge in [0, 0.05) is 6.04 Å². The normalized spacial score (nSPS) is 14.9. The third-order valence-electron chi connectivity index (χ3n) is 2.74. The second-order valence-electron chi connectivity index (χ2n) is 4.86. The molecule has 1 amide bonds. The molecule has 1 rings (SSSR count). The lowest BCUT2D eigenvalue weighted by atomic mass is 9.90. The molecule has 0 aliphatic carbocycles. The molecule has 1 atom stereocenters. The Morgan fingerprint density at radius 3 is 2.10 bits per heavy atom. The van der Waals surface area contributed by atoms with Crippen molar-refractivity contribution in [3.8, 4) is 5.75 Å². The number of alkyl halides is 3. The topological polar surface area (TPSA) is 64.3 Å². The van der Waals surface area contributed by atoms with E-state index in [2.05, 4.69) is 10.1 Å². The molecular weight excluding hydrogens is 273 g/mol. The van der Waals surface area contributed by atoms with Crippen LogP contribution in [-0.4, -0.2) is 18.3 Å². The molecule has 3 N–H and O–H groups in total. The summed E-state index contributed by atoms with van der Waals surface area (Å²) in [6.45, 7) is 5.25. The minimum absolute atomic E-state index is 0.0291. The van der Waals surface area contributed by atoms with E-state index in [0.29, 0.717) is 5.56 Å². The van der Waals surface area contributed by atoms with Gasteiger partial charge >= 0.3 is 6.36 Å². The minimum Gasteiger partial charge on any atom is -0.406 e. The predicted molar refractivity (Wildman–Crippen MR) is 67.9 cm³/mol. The first-order valence-electron chi connectivity index (χ1n) is 5.98. The monoisotopic (exact) mass is 290 g/mol. The van der Waals surface area contributed by atoms with E-state index in [0.717, 1.165) is 12.1 Å². The maximum atomic E-state index is 12.1. The average Bonchev–Trinajstić information content (AvgIpc) is 2.26. The lowest BCUT2D eigenvalue weighted by Crippen LogP contribution is -2.52. The van der Waals surface area contributed by atoms with E-state index in [1.54, 1.807) is 6.92 Å². The Bertz CT molecular complexity index is 471. The van der Waals surface area contributed by atoms with Crippen molar-refractivity contribution in [1.29, 1.82) is 0 Å². The summed E-state index contributed by atoms with van der Waals surface area (Å²) in [6.07, 6.45) is -4.75. The Hall–Kier alpha value is -1.76. The lowest BCUT2D eigenvalue weighted by Gasteiger charge is -2.30. The molecule has 7 heteroatoms. The highest BCUT2D eigenvalue weighted by Gasteiger charge is 2.34. The van der Waals surface area contributed by atoms with Gasteiger partial charge in [0.15, 0.2) is 0 Å². The molecule has 0 saturated carbocycles. The van der Waals surface area contributed by atoms with Gasteiger partial charge in [-0.15, -0.1) is 13.2 Å². The first-order valence-corrected chi connectivity index (χ1v) is 5.98. The summed E-state index contributed by atoms with van der Waals surface area (Å²) in [7, 11) is 0. The second-order valence-corrected chi connectivity index (χ2v) is 4.86. The third kappa shape index (κ3) is 4.12. The Morgan fingerprint density at radius 2 is 1.75 bits per heavy atom. The van der Waals surface area contributed by atoms with Crippen LogP contribution in [0.4, 0.5) is 13.2 Å². The molecular formula is C13H17F3N2O2. The highest BCUT2D eigenvalue weighted by atomic mass is 19.4. The van der Waals surface area contributed by atoms with Gasteiger partial charge in [-0.05, 0) is 38.5 Å². The highest BCUT2D eigenvalue weighted by Crippen LogP contribution is 2.27. The number of carbonyl (C=O) groups is 1. The van der Waals surface area contributed by atoms with Gasteiger partial charge in [-0.2, -0.15) is 0 Å². The van der Waals surface area contributed by atoms with E-state index in [1.165, 1.54) is 12.1 Å². The smallest absolute Gasteiger partial charge is 0.406 e. The second kappa shape index (κ2) is 5.70. The standard InChI is InChI=1S/C13H17F3N2O2/c1-8(2)18-12(3,11(17)19)9-4-6-10(7-5-9)20-13(14,15)16/h4-8,18H,1-3H3,(H2,17,19). The molecule has 0 aliphatic heterocycles. The van der Waals surface area contributed by atoms with Crippen LogP contribution in [0.1, 0.15) is 26.3 Å². The maximum absolute atomic E-state index is 12.1. The van der Waals surface area contributed by atoms with Gasteiger partial charge in [-0.3, -0.25) is 10.1 Å². The molecule has 4 nitrogen and oxygen atoms in total. The van der Waals surface area contributed by atoms with Crippen molar-refractivity contribution >= 4 is 5.91 Å². The molecule has 20 heavy (non-hydrogen) atoms. The molecule has 1 aromatic rings. The number of benzene rings is 1.